The predicted molar refractivity (Wildman–Crippen MR) is 136 cm³/mol. The molecule has 0 spiro atoms. The highest BCUT2D eigenvalue weighted by Crippen LogP contribution is 2.29. The van der Waals surface area contributed by atoms with Crippen LogP contribution in [0.15, 0.2) is 47.3 Å². The van der Waals surface area contributed by atoms with E-state index in [1.807, 2.05) is 57.2 Å². The van der Waals surface area contributed by atoms with Crippen molar-refractivity contribution in [1.82, 2.24) is 19.8 Å². The van der Waals surface area contributed by atoms with E-state index in [-0.39, 0.29) is 24.1 Å². The largest absolute Gasteiger partial charge is 0.367 e. The van der Waals surface area contributed by atoms with Gasteiger partial charge in [0.05, 0.1) is 10.9 Å². The topological polar surface area (TPSA) is 70.5 Å². The molecule has 2 aromatic carbocycles. The Kier molecular flexibility index (Phi) is 6.13. The summed E-state index contributed by atoms with van der Waals surface area (Å²) in [5.41, 5.74) is 3.51. The molecule has 7 nitrogen and oxygen atoms in total. The average Bonchev–Trinajstić information content (AvgIpc) is 3.15. The number of aryl methyl sites for hydroxylation is 1. The summed E-state index contributed by atoms with van der Waals surface area (Å²) in [6, 6.07) is 14.4. The molecule has 1 N–H and O–H groups in total. The van der Waals surface area contributed by atoms with Gasteiger partial charge in [-0.25, -0.2) is 4.98 Å². The minimum absolute atomic E-state index is 0.0000545. The quantitative estimate of drug-likeness (QED) is 0.635. The van der Waals surface area contributed by atoms with Crippen LogP contribution in [0.3, 0.4) is 0 Å². The van der Waals surface area contributed by atoms with Gasteiger partial charge in [0.1, 0.15) is 12.4 Å². The van der Waals surface area contributed by atoms with Crippen LogP contribution in [0.2, 0.25) is 0 Å². The number of carbonyl (C=O) groups is 1. The number of hydrogen-bond acceptors (Lipinski definition) is 5. The molecule has 3 aliphatic rings. The maximum Gasteiger partial charge on any atom is 0.262 e. The number of piperidine rings is 1. The van der Waals surface area contributed by atoms with Gasteiger partial charge in [0.25, 0.3) is 5.56 Å². The van der Waals surface area contributed by atoms with Crippen LogP contribution in [0.1, 0.15) is 32.3 Å². The third-order valence-corrected chi connectivity index (χ3v) is 6.99. The van der Waals surface area contributed by atoms with Gasteiger partial charge < -0.3 is 15.1 Å². The third-order valence-electron chi connectivity index (χ3n) is 6.99. The fourth-order valence-corrected chi connectivity index (χ4v) is 5.19. The number of aromatic nitrogens is 2. The number of rotatable bonds is 5. The Morgan fingerprint density at radius 1 is 1.06 bits per heavy atom. The second-order valence-electron chi connectivity index (χ2n) is 9.88. The molecule has 2 bridgehead atoms. The molecule has 3 aliphatic heterocycles. The minimum Gasteiger partial charge on any atom is -0.367 e. The first-order valence-electron chi connectivity index (χ1n) is 12.3. The van der Waals surface area contributed by atoms with Gasteiger partial charge >= 0.3 is 0 Å². The SMILES string of the molecule is Cc1ccc(-c2nc3ccc(N4CCN5CCC4CC5)cc3c(=O)n2CC(=O)NC(C)C)cc1. The number of benzene rings is 2. The Hall–Kier alpha value is -3.19. The van der Waals surface area contributed by atoms with E-state index in [9.17, 15) is 9.59 Å². The number of carbonyl (C=O) groups excluding carboxylic acids is 1. The molecule has 0 unspecified atom stereocenters. The summed E-state index contributed by atoms with van der Waals surface area (Å²) in [6.45, 7) is 10.1. The Labute approximate surface area is 200 Å². The van der Waals surface area contributed by atoms with Gasteiger partial charge in [0, 0.05) is 49.5 Å². The molecule has 4 heterocycles. The first-order chi connectivity index (χ1) is 16.4. The van der Waals surface area contributed by atoms with E-state index < -0.39 is 0 Å². The highest BCUT2D eigenvalue weighted by Gasteiger charge is 2.29. The van der Waals surface area contributed by atoms with Crippen molar-refractivity contribution in [2.45, 2.75) is 52.2 Å². The molecule has 3 aromatic rings. The lowest BCUT2D eigenvalue weighted by Crippen LogP contribution is -2.38. The van der Waals surface area contributed by atoms with Gasteiger partial charge in [-0.2, -0.15) is 0 Å². The number of amides is 1. The van der Waals surface area contributed by atoms with Gasteiger partial charge in [-0.3, -0.25) is 14.2 Å². The molecule has 6 rings (SSSR count). The minimum atomic E-state index is -0.193. The Balaban J connectivity index is 1.61. The predicted octanol–water partition coefficient (Wildman–Crippen LogP) is 3.18. The van der Waals surface area contributed by atoms with E-state index in [2.05, 4.69) is 21.2 Å². The second-order valence-corrected chi connectivity index (χ2v) is 9.88. The van der Waals surface area contributed by atoms with Gasteiger partial charge in [0.2, 0.25) is 5.91 Å². The van der Waals surface area contributed by atoms with Crippen LogP contribution in [0.5, 0.6) is 0 Å². The molecule has 3 fully saturated rings. The number of anilines is 1. The smallest absolute Gasteiger partial charge is 0.262 e. The summed E-state index contributed by atoms with van der Waals surface area (Å²) in [7, 11) is 0. The van der Waals surface area contributed by atoms with E-state index in [1.165, 1.54) is 4.57 Å². The van der Waals surface area contributed by atoms with Crippen molar-refractivity contribution in [2.24, 2.45) is 0 Å². The summed E-state index contributed by atoms with van der Waals surface area (Å²) in [5.74, 6) is 0.326. The molecule has 0 atom stereocenters. The molecule has 7 heteroatoms. The van der Waals surface area contributed by atoms with E-state index in [4.69, 9.17) is 4.98 Å². The van der Waals surface area contributed by atoms with E-state index in [0.717, 1.165) is 55.8 Å². The summed E-state index contributed by atoms with van der Waals surface area (Å²) in [4.78, 5) is 36.3. The van der Waals surface area contributed by atoms with Crippen molar-refractivity contribution in [3.05, 3.63) is 58.4 Å². The van der Waals surface area contributed by atoms with Crippen molar-refractivity contribution in [3.8, 4) is 11.4 Å². The van der Waals surface area contributed by atoms with Crippen LogP contribution in [-0.2, 0) is 11.3 Å². The monoisotopic (exact) mass is 459 g/mol. The van der Waals surface area contributed by atoms with Crippen molar-refractivity contribution >= 4 is 22.5 Å². The van der Waals surface area contributed by atoms with E-state index in [0.29, 0.717) is 22.8 Å². The van der Waals surface area contributed by atoms with Gasteiger partial charge in [-0.15, -0.1) is 0 Å². The lowest BCUT2D eigenvalue weighted by molar-refractivity contribution is -0.122. The molecule has 34 heavy (non-hydrogen) atoms. The molecule has 178 valence electrons. The van der Waals surface area contributed by atoms with Crippen molar-refractivity contribution in [2.75, 3.05) is 31.1 Å². The lowest BCUT2D eigenvalue weighted by Gasteiger charge is -2.33. The molecule has 1 amide bonds. The number of hydrogen-bond donors (Lipinski definition) is 1. The number of nitrogens with one attached hydrogen (secondary N) is 1. The van der Waals surface area contributed by atoms with E-state index in [1.54, 1.807) is 0 Å². The van der Waals surface area contributed by atoms with Gasteiger partial charge in [-0.05, 0) is 51.8 Å². The number of fused-ring (bicyclic) bond motifs is 5. The summed E-state index contributed by atoms with van der Waals surface area (Å²) in [6.07, 6.45) is 2.31. The molecular weight excluding hydrogens is 426 g/mol. The fourth-order valence-electron chi connectivity index (χ4n) is 5.19. The fraction of sp³-hybridized carbons (Fsp3) is 0.444. The normalized spacial score (nSPS) is 20.1. The standard InChI is InChI=1S/C27H33N5O2/c1-18(2)28-25(33)17-32-26(20-6-4-19(3)5-7-20)29-24-9-8-22(16-23(24)27(32)34)31-15-14-30-12-10-21(31)11-13-30/h4-9,16,18,21H,10-15,17H2,1-3H3,(H,28,33). The maximum absolute atomic E-state index is 13.8. The van der Waals surface area contributed by atoms with Crippen LogP contribution >= 0.6 is 0 Å². The lowest BCUT2D eigenvalue weighted by atomic mass is 10.0. The highest BCUT2D eigenvalue weighted by atomic mass is 16.2. The van der Waals surface area contributed by atoms with E-state index >= 15 is 0 Å². The Morgan fingerprint density at radius 2 is 1.79 bits per heavy atom. The van der Waals surface area contributed by atoms with Crippen LogP contribution < -0.4 is 15.8 Å². The van der Waals surface area contributed by atoms with Crippen molar-refractivity contribution < 1.29 is 4.79 Å². The average molecular weight is 460 g/mol. The first kappa shape index (κ1) is 22.6. The molecular formula is C27H33N5O2. The summed E-state index contributed by atoms with van der Waals surface area (Å²) in [5, 5.41) is 3.46. The number of nitrogens with zero attached hydrogens (tertiary/aromatic N) is 4. The Bertz CT molecular complexity index is 1260. The highest BCUT2D eigenvalue weighted by molar-refractivity contribution is 5.84. The van der Waals surface area contributed by atoms with Gasteiger partial charge in [0.15, 0.2) is 0 Å². The van der Waals surface area contributed by atoms with Crippen LogP contribution in [0.25, 0.3) is 22.3 Å². The van der Waals surface area contributed by atoms with Crippen molar-refractivity contribution in [1.29, 1.82) is 0 Å². The zero-order chi connectivity index (χ0) is 23.8. The maximum atomic E-state index is 13.8. The zero-order valence-corrected chi connectivity index (χ0v) is 20.3. The molecule has 0 saturated carbocycles. The zero-order valence-electron chi connectivity index (χ0n) is 20.3. The van der Waals surface area contributed by atoms with Crippen molar-refractivity contribution in [3.63, 3.8) is 0 Å². The van der Waals surface area contributed by atoms with Crippen LogP contribution in [0.4, 0.5) is 5.69 Å². The summed E-state index contributed by atoms with van der Waals surface area (Å²) < 4.78 is 1.52. The molecule has 0 aliphatic carbocycles. The van der Waals surface area contributed by atoms with Gasteiger partial charge in [-0.1, -0.05) is 29.8 Å². The molecule has 3 saturated heterocycles. The molecule has 0 radical (unpaired) electrons. The van der Waals surface area contributed by atoms with Crippen LogP contribution in [-0.4, -0.2) is 58.6 Å². The first-order valence-corrected chi connectivity index (χ1v) is 12.3. The second kappa shape index (κ2) is 9.22. The Morgan fingerprint density at radius 3 is 2.50 bits per heavy atom. The molecule has 1 aromatic heterocycles. The third kappa shape index (κ3) is 4.44. The summed E-state index contributed by atoms with van der Waals surface area (Å²) >= 11 is 0. The van der Waals surface area contributed by atoms with Crippen LogP contribution in [0, 0.1) is 6.92 Å².